The lowest BCUT2D eigenvalue weighted by Crippen LogP contribution is -2.45. The Labute approximate surface area is 179 Å². The van der Waals surface area contributed by atoms with Crippen LogP contribution in [0, 0.1) is 19.8 Å². The fourth-order valence-electron chi connectivity index (χ4n) is 3.78. The van der Waals surface area contributed by atoms with E-state index in [9.17, 15) is 9.59 Å². The second-order valence-corrected chi connectivity index (χ2v) is 8.89. The van der Waals surface area contributed by atoms with Crippen LogP contribution in [-0.4, -0.2) is 39.8 Å². The van der Waals surface area contributed by atoms with E-state index >= 15 is 0 Å². The van der Waals surface area contributed by atoms with Crippen LogP contribution in [0.5, 0.6) is 5.75 Å². The first-order valence-electron chi connectivity index (χ1n) is 10.1. The van der Waals surface area contributed by atoms with Gasteiger partial charge in [-0.15, -0.1) is 11.3 Å². The Balaban J connectivity index is 1.36. The summed E-state index contributed by atoms with van der Waals surface area (Å²) < 4.78 is 7.33. The zero-order chi connectivity index (χ0) is 21.3. The van der Waals surface area contributed by atoms with Crippen molar-refractivity contribution in [3.8, 4) is 5.75 Å². The minimum Gasteiger partial charge on any atom is -0.497 e. The molecule has 1 aliphatic rings. The first-order valence-corrected chi connectivity index (χ1v) is 10.9. The molecule has 30 heavy (non-hydrogen) atoms. The molecule has 1 N–H and O–H groups in total. The topological polar surface area (TPSA) is 75.9 Å². The highest BCUT2D eigenvalue weighted by Gasteiger charge is 2.30. The number of methoxy groups -OCH3 is 1. The lowest BCUT2D eigenvalue weighted by atomic mass is 9.96. The van der Waals surface area contributed by atoms with Crippen molar-refractivity contribution < 1.29 is 14.3 Å². The van der Waals surface area contributed by atoms with Crippen molar-refractivity contribution in [1.29, 1.82) is 0 Å². The molecule has 0 spiro atoms. The number of nitrogens with one attached hydrogen (secondary N) is 1. The summed E-state index contributed by atoms with van der Waals surface area (Å²) in [6.07, 6.45) is 2.95. The lowest BCUT2D eigenvalue weighted by Gasteiger charge is -2.32. The summed E-state index contributed by atoms with van der Waals surface area (Å²) in [5, 5.41) is 3.00. The van der Waals surface area contributed by atoms with Crippen LogP contribution in [-0.2, 0) is 22.7 Å². The van der Waals surface area contributed by atoms with Gasteiger partial charge in [0.2, 0.25) is 11.8 Å². The largest absolute Gasteiger partial charge is 0.497 e. The third-order valence-electron chi connectivity index (χ3n) is 5.66. The molecule has 2 amide bonds. The third kappa shape index (κ3) is 4.18. The molecule has 4 rings (SSSR count). The van der Waals surface area contributed by atoms with E-state index in [2.05, 4.69) is 28.5 Å². The molecule has 0 aliphatic carbocycles. The maximum atomic E-state index is 12.7. The summed E-state index contributed by atoms with van der Waals surface area (Å²) in [7, 11) is 1.62. The molecule has 0 bridgehead atoms. The monoisotopic (exact) mass is 426 g/mol. The van der Waals surface area contributed by atoms with Gasteiger partial charge in [-0.2, -0.15) is 0 Å². The van der Waals surface area contributed by atoms with Crippen LogP contribution >= 0.6 is 11.3 Å². The van der Waals surface area contributed by atoms with E-state index < -0.39 is 0 Å². The Morgan fingerprint density at radius 1 is 1.37 bits per heavy atom. The fourth-order valence-corrected chi connectivity index (χ4v) is 4.75. The van der Waals surface area contributed by atoms with Gasteiger partial charge in [0.1, 0.15) is 5.75 Å². The molecule has 1 aromatic carbocycles. The summed E-state index contributed by atoms with van der Waals surface area (Å²) in [6.45, 7) is 5.46. The molecule has 3 aromatic rings. The number of imidazole rings is 1. The molecule has 0 saturated carbocycles. The maximum absolute atomic E-state index is 12.7. The standard InChI is InChI=1S/C22H26N4O3S/c1-14-15(2)30-22-24-18(13-26(14)22)10-23-21(28)17-7-8-20(27)25(12-17)11-16-5-4-6-19(9-16)29-3/h4-6,9,13,17H,7-8,10-12H2,1-3H3,(H,23,28)/t17-/m0/s1. The minimum atomic E-state index is -0.207. The highest BCUT2D eigenvalue weighted by atomic mass is 32.1. The number of rotatable bonds is 6. The van der Waals surface area contributed by atoms with Crippen LogP contribution in [0.25, 0.3) is 4.96 Å². The van der Waals surface area contributed by atoms with E-state index in [1.165, 1.54) is 10.6 Å². The van der Waals surface area contributed by atoms with Crippen molar-refractivity contribution in [2.75, 3.05) is 13.7 Å². The summed E-state index contributed by atoms with van der Waals surface area (Å²) in [5.41, 5.74) is 3.02. The number of fused-ring (bicyclic) bond motifs is 1. The minimum absolute atomic E-state index is 0.0256. The van der Waals surface area contributed by atoms with Crippen LogP contribution in [0.3, 0.4) is 0 Å². The van der Waals surface area contributed by atoms with Gasteiger partial charge in [-0.1, -0.05) is 12.1 Å². The van der Waals surface area contributed by atoms with Crippen molar-refractivity contribution >= 4 is 28.1 Å². The number of amides is 2. The van der Waals surface area contributed by atoms with Crippen molar-refractivity contribution in [2.24, 2.45) is 5.92 Å². The molecule has 8 heteroatoms. The number of piperidine rings is 1. The smallest absolute Gasteiger partial charge is 0.225 e. The normalized spacial score (nSPS) is 16.8. The van der Waals surface area contributed by atoms with Crippen molar-refractivity contribution in [3.63, 3.8) is 0 Å². The predicted molar refractivity (Wildman–Crippen MR) is 116 cm³/mol. The molecule has 1 atom stereocenters. The van der Waals surface area contributed by atoms with Gasteiger partial charge in [-0.05, 0) is 38.0 Å². The number of benzene rings is 1. The maximum Gasteiger partial charge on any atom is 0.225 e. The summed E-state index contributed by atoms with van der Waals surface area (Å²) in [5.74, 6) is 0.613. The molecular formula is C22H26N4O3S. The molecule has 0 radical (unpaired) electrons. The van der Waals surface area contributed by atoms with E-state index in [-0.39, 0.29) is 17.7 Å². The van der Waals surface area contributed by atoms with E-state index in [4.69, 9.17) is 4.74 Å². The van der Waals surface area contributed by atoms with Crippen LogP contribution in [0.1, 0.15) is 34.7 Å². The number of nitrogens with zero attached hydrogens (tertiary/aromatic N) is 3. The Morgan fingerprint density at radius 2 is 2.20 bits per heavy atom. The van der Waals surface area contributed by atoms with Gasteiger partial charge in [0.25, 0.3) is 0 Å². The molecule has 1 fully saturated rings. The molecule has 7 nitrogen and oxygen atoms in total. The van der Waals surface area contributed by atoms with Gasteiger partial charge < -0.3 is 15.0 Å². The quantitative estimate of drug-likeness (QED) is 0.657. The SMILES string of the molecule is COc1cccc(CN2C[C@@H](C(=O)NCc3cn4c(C)c(C)sc4n3)CCC2=O)c1. The Hall–Kier alpha value is -2.87. The Bertz CT molecular complexity index is 1090. The number of thiazole rings is 1. The number of aryl methyl sites for hydroxylation is 2. The average Bonchev–Trinajstić information content (AvgIpc) is 3.26. The van der Waals surface area contributed by atoms with Crippen molar-refractivity contribution in [1.82, 2.24) is 19.6 Å². The highest BCUT2D eigenvalue weighted by molar-refractivity contribution is 7.17. The molecular weight excluding hydrogens is 400 g/mol. The molecule has 3 heterocycles. The van der Waals surface area contributed by atoms with E-state index in [0.29, 0.717) is 32.5 Å². The average molecular weight is 427 g/mol. The van der Waals surface area contributed by atoms with E-state index in [1.54, 1.807) is 23.3 Å². The Kier molecular flexibility index (Phi) is 5.76. The van der Waals surface area contributed by atoms with Gasteiger partial charge in [-0.25, -0.2) is 4.98 Å². The molecule has 2 aromatic heterocycles. The first-order chi connectivity index (χ1) is 14.4. The number of hydrogen-bond donors (Lipinski definition) is 1. The molecule has 1 saturated heterocycles. The summed E-state index contributed by atoms with van der Waals surface area (Å²) in [4.78, 5) is 33.7. The first kappa shape index (κ1) is 20.4. The zero-order valence-electron chi connectivity index (χ0n) is 17.5. The number of hydrogen-bond acceptors (Lipinski definition) is 5. The number of carbonyl (C=O) groups is 2. The summed E-state index contributed by atoms with van der Waals surface area (Å²) in [6, 6.07) is 7.67. The molecule has 1 aliphatic heterocycles. The third-order valence-corrected chi connectivity index (χ3v) is 6.73. The molecule has 0 unspecified atom stereocenters. The highest BCUT2D eigenvalue weighted by Crippen LogP contribution is 2.23. The zero-order valence-corrected chi connectivity index (χ0v) is 18.3. The number of likely N-dealkylation sites (tertiary alicyclic amines) is 1. The van der Waals surface area contributed by atoms with Gasteiger partial charge in [-0.3, -0.25) is 14.0 Å². The van der Waals surface area contributed by atoms with E-state index in [0.717, 1.165) is 22.0 Å². The number of aromatic nitrogens is 2. The number of carbonyl (C=O) groups excluding carboxylic acids is 2. The van der Waals surface area contributed by atoms with Gasteiger partial charge >= 0.3 is 0 Å². The van der Waals surface area contributed by atoms with Crippen molar-refractivity contribution in [2.45, 2.75) is 39.8 Å². The van der Waals surface area contributed by atoms with Crippen LogP contribution in [0.4, 0.5) is 0 Å². The lowest BCUT2D eigenvalue weighted by molar-refractivity contribution is -0.139. The van der Waals surface area contributed by atoms with Crippen LogP contribution in [0.15, 0.2) is 30.5 Å². The predicted octanol–water partition coefficient (Wildman–Crippen LogP) is 3.08. The van der Waals surface area contributed by atoms with E-state index in [1.807, 2.05) is 30.5 Å². The second kappa shape index (κ2) is 8.47. The van der Waals surface area contributed by atoms with Crippen LogP contribution < -0.4 is 10.1 Å². The van der Waals surface area contributed by atoms with Gasteiger partial charge in [0.05, 0.1) is 25.3 Å². The fraction of sp³-hybridized carbons (Fsp3) is 0.409. The number of ether oxygens (including phenoxy) is 1. The Morgan fingerprint density at radius 3 is 2.97 bits per heavy atom. The van der Waals surface area contributed by atoms with Crippen LogP contribution in [0.2, 0.25) is 0 Å². The van der Waals surface area contributed by atoms with Gasteiger partial charge in [0.15, 0.2) is 4.96 Å². The van der Waals surface area contributed by atoms with Crippen molar-refractivity contribution in [3.05, 3.63) is 52.3 Å². The van der Waals surface area contributed by atoms with Gasteiger partial charge in [0, 0.05) is 36.3 Å². The second-order valence-electron chi connectivity index (χ2n) is 7.71. The molecule has 158 valence electrons. The summed E-state index contributed by atoms with van der Waals surface area (Å²) >= 11 is 1.65.